The first-order valence-electron chi connectivity index (χ1n) is 9.30. The zero-order valence-electron chi connectivity index (χ0n) is 16.5. The van der Waals surface area contributed by atoms with E-state index in [1.165, 1.54) is 7.11 Å². The lowest BCUT2D eigenvalue weighted by atomic mass is 10.0. The minimum Gasteiger partial charge on any atom is -0.465 e. The number of carbonyl (C=O) groups excluding carboxylic acids is 2. The van der Waals surface area contributed by atoms with E-state index in [1.54, 1.807) is 30.0 Å². The predicted molar refractivity (Wildman–Crippen MR) is 107 cm³/mol. The van der Waals surface area contributed by atoms with Crippen LogP contribution in [0.1, 0.15) is 31.0 Å². The molecule has 148 valence electrons. The Morgan fingerprint density at radius 3 is 2.59 bits per heavy atom. The molecule has 2 aliphatic rings. The van der Waals surface area contributed by atoms with Crippen molar-refractivity contribution in [3.8, 4) is 11.5 Å². The maximum absolute atomic E-state index is 13.4. The lowest BCUT2D eigenvalue weighted by Crippen LogP contribution is -2.28. The van der Waals surface area contributed by atoms with Crippen molar-refractivity contribution < 1.29 is 23.8 Å². The number of ether oxygens (including phenoxy) is 3. The van der Waals surface area contributed by atoms with E-state index < -0.39 is 5.97 Å². The highest BCUT2D eigenvalue weighted by molar-refractivity contribution is 6.16. The van der Waals surface area contributed by atoms with E-state index in [-0.39, 0.29) is 24.3 Å². The first-order chi connectivity index (χ1) is 14.0. The summed E-state index contributed by atoms with van der Waals surface area (Å²) in [5.41, 5.74) is 2.87. The molecule has 0 bridgehead atoms. The predicted octanol–water partition coefficient (Wildman–Crippen LogP) is 3.85. The molecular weight excluding hydrogens is 370 g/mol. The van der Waals surface area contributed by atoms with E-state index in [2.05, 4.69) is 0 Å². The molecule has 0 saturated carbocycles. The first-order valence-corrected chi connectivity index (χ1v) is 9.30. The molecular formula is C23H21NO5. The maximum atomic E-state index is 13.4. The zero-order chi connectivity index (χ0) is 20.5. The fraction of sp³-hybridized carbons (Fsp3) is 0.217. The second-order valence-electron chi connectivity index (χ2n) is 6.88. The summed E-state index contributed by atoms with van der Waals surface area (Å²) >= 11 is 0. The van der Waals surface area contributed by atoms with Crippen molar-refractivity contribution in [3.05, 3.63) is 76.5 Å². The number of hydrogen-bond acceptors (Lipinski definition) is 5. The zero-order valence-corrected chi connectivity index (χ0v) is 16.5. The number of rotatable bonds is 4. The average Bonchev–Trinajstić information content (AvgIpc) is 3.30. The minimum absolute atomic E-state index is 0.170. The highest BCUT2D eigenvalue weighted by atomic mass is 16.7. The molecule has 0 radical (unpaired) electrons. The first kappa shape index (κ1) is 18.8. The third-order valence-corrected chi connectivity index (χ3v) is 5.21. The summed E-state index contributed by atoms with van der Waals surface area (Å²) < 4.78 is 15.7. The van der Waals surface area contributed by atoms with Gasteiger partial charge in [-0.1, -0.05) is 36.4 Å². The van der Waals surface area contributed by atoms with E-state index in [0.29, 0.717) is 22.8 Å². The summed E-state index contributed by atoms with van der Waals surface area (Å²) in [4.78, 5) is 27.5. The Kier molecular flexibility index (Phi) is 4.84. The van der Waals surface area contributed by atoms with Gasteiger partial charge in [0, 0.05) is 5.70 Å². The van der Waals surface area contributed by atoms with Crippen molar-refractivity contribution in [1.29, 1.82) is 0 Å². The molecule has 2 heterocycles. The van der Waals surface area contributed by atoms with Crippen LogP contribution >= 0.6 is 0 Å². The van der Waals surface area contributed by atoms with E-state index in [4.69, 9.17) is 14.2 Å². The Labute approximate surface area is 169 Å². The van der Waals surface area contributed by atoms with Crippen LogP contribution in [0.2, 0.25) is 0 Å². The maximum Gasteiger partial charge on any atom is 0.340 e. The van der Waals surface area contributed by atoms with Crippen LogP contribution in [-0.4, -0.2) is 30.7 Å². The summed E-state index contributed by atoms with van der Waals surface area (Å²) in [5.74, 6) is 0.492. The van der Waals surface area contributed by atoms with Crippen molar-refractivity contribution in [2.24, 2.45) is 0 Å². The number of amides is 1. The second kappa shape index (κ2) is 7.47. The van der Waals surface area contributed by atoms with Crippen molar-refractivity contribution >= 4 is 18.0 Å². The number of benzene rings is 2. The van der Waals surface area contributed by atoms with Gasteiger partial charge in [-0.3, -0.25) is 4.79 Å². The number of nitrogens with zero attached hydrogens (tertiary/aromatic N) is 1. The molecule has 0 aromatic heterocycles. The Bertz CT molecular complexity index is 1040. The fourth-order valence-corrected chi connectivity index (χ4v) is 3.71. The lowest BCUT2D eigenvalue weighted by Gasteiger charge is -2.26. The molecule has 0 N–H and O–H groups in total. The molecule has 0 spiro atoms. The Morgan fingerprint density at radius 1 is 1.14 bits per heavy atom. The molecule has 1 atom stereocenters. The molecule has 1 amide bonds. The normalized spacial score (nSPS) is 17.8. The van der Waals surface area contributed by atoms with Crippen LogP contribution in [0.25, 0.3) is 6.08 Å². The molecule has 2 aromatic rings. The van der Waals surface area contributed by atoms with Gasteiger partial charge >= 0.3 is 5.97 Å². The van der Waals surface area contributed by atoms with Gasteiger partial charge in [0.1, 0.15) is 0 Å². The quantitative estimate of drug-likeness (QED) is 0.585. The molecule has 2 aromatic carbocycles. The van der Waals surface area contributed by atoms with Crippen LogP contribution in [0.15, 0.2) is 65.4 Å². The van der Waals surface area contributed by atoms with Crippen molar-refractivity contribution in [1.82, 2.24) is 4.90 Å². The fourth-order valence-electron chi connectivity index (χ4n) is 3.71. The van der Waals surface area contributed by atoms with Crippen LogP contribution in [0.4, 0.5) is 0 Å². The van der Waals surface area contributed by atoms with Gasteiger partial charge in [0.15, 0.2) is 11.5 Å². The van der Waals surface area contributed by atoms with E-state index in [0.717, 1.165) is 11.1 Å². The van der Waals surface area contributed by atoms with Crippen LogP contribution in [-0.2, 0) is 14.3 Å². The third kappa shape index (κ3) is 3.27. The highest BCUT2D eigenvalue weighted by Crippen LogP contribution is 2.39. The molecule has 0 fully saturated rings. The summed E-state index contributed by atoms with van der Waals surface area (Å²) in [6.07, 6.45) is 1.69. The number of fused-ring (bicyclic) bond motifs is 1. The number of carbonyl (C=O) groups is 2. The largest absolute Gasteiger partial charge is 0.465 e. The lowest BCUT2D eigenvalue weighted by molar-refractivity contribution is -0.136. The van der Waals surface area contributed by atoms with Crippen LogP contribution in [0, 0.1) is 0 Å². The summed E-state index contributed by atoms with van der Waals surface area (Å²) in [6, 6.07) is 14.9. The smallest absolute Gasteiger partial charge is 0.340 e. The van der Waals surface area contributed by atoms with Crippen LogP contribution in [0.3, 0.4) is 0 Å². The Balaban J connectivity index is 1.77. The van der Waals surface area contributed by atoms with Gasteiger partial charge in [0.25, 0.3) is 5.91 Å². The van der Waals surface area contributed by atoms with Gasteiger partial charge in [-0.2, -0.15) is 0 Å². The number of esters is 1. The number of hydrogen-bond donors (Lipinski definition) is 0. The van der Waals surface area contributed by atoms with Gasteiger partial charge in [0.2, 0.25) is 6.79 Å². The number of methoxy groups -OCH3 is 1. The van der Waals surface area contributed by atoms with Gasteiger partial charge in [-0.25, -0.2) is 4.79 Å². The standard InChI is InChI=1S/C23H21NO5/c1-14(17-7-5-4-6-8-17)24-15(2)21(23(26)27-3)18(22(24)25)11-16-9-10-19-20(12-16)29-13-28-19/h4-12,14H,13H2,1-3H3/b18-11-/t14-/m0/s1. The van der Waals surface area contributed by atoms with Crippen molar-refractivity contribution in [2.45, 2.75) is 19.9 Å². The molecule has 6 heteroatoms. The molecule has 29 heavy (non-hydrogen) atoms. The van der Waals surface area contributed by atoms with Gasteiger partial charge in [-0.15, -0.1) is 0 Å². The summed E-state index contributed by atoms with van der Waals surface area (Å²) in [6.45, 7) is 3.88. The average molecular weight is 391 g/mol. The molecule has 0 unspecified atom stereocenters. The SMILES string of the molecule is COC(=O)C1=C(C)N([C@@H](C)c2ccccc2)C(=O)/C1=C\c1ccc2c(c1)OCO2. The van der Waals surface area contributed by atoms with E-state index in [1.807, 2.05) is 43.3 Å². The summed E-state index contributed by atoms with van der Waals surface area (Å²) in [5, 5.41) is 0. The highest BCUT2D eigenvalue weighted by Gasteiger charge is 2.39. The van der Waals surface area contributed by atoms with Crippen LogP contribution < -0.4 is 9.47 Å². The second-order valence-corrected chi connectivity index (χ2v) is 6.88. The molecule has 6 nitrogen and oxygen atoms in total. The topological polar surface area (TPSA) is 65.1 Å². The van der Waals surface area contributed by atoms with E-state index >= 15 is 0 Å². The minimum atomic E-state index is -0.536. The molecule has 2 aliphatic heterocycles. The van der Waals surface area contributed by atoms with Crippen molar-refractivity contribution in [2.75, 3.05) is 13.9 Å². The molecule has 0 aliphatic carbocycles. The monoisotopic (exact) mass is 391 g/mol. The van der Waals surface area contributed by atoms with Gasteiger partial charge in [0.05, 0.1) is 24.3 Å². The van der Waals surface area contributed by atoms with E-state index in [9.17, 15) is 9.59 Å². The third-order valence-electron chi connectivity index (χ3n) is 5.21. The molecule has 4 rings (SSSR count). The molecule has 0 saturated heterocycles. The summed E-state index contributed by atoms with van der Waals surface area (Å²) in [7, 11) is 1.31. The Hall–Kier alpha value is -3.54. The van der Waals surface area contributed by atoms with Crippen molar-refractivity contribution in [3.63, 3.8) is 0 Å². The number of allylic oxidation sites excluding steroid dienone is 1. The van der Waals surface area contributed by atoms with Gasteiger partial charge < -0.3 is 19.1 Å². The van der Waals surface area contributed by atoms with Crippen LogP contribution in [0.5, 0.6) is 11.5 Å². The Morgan fingerprint density at radius 2 is 1.86 bits per heavy atom. The van der Waals surface area contributed by atoms with Gasteiger partial charge in [-0.05, 0) is 43.2 Å².